The second-order valence-electron chi connectivity index (χ2n) is 4.20. The number of rotatable bonds is 3. The third kappa shape index (κ3) is 3.69. The number of amides is 1. The summed E-state index contributed by atoms with van der Waals surface area (Å²) >= 11 is 13.1. The minimum atomic E-state index is -0.984. The maximum atomic E-state index is 12.0. The van der Waals surface area contributed by atoms with Gasteiger partial charge in [0.1, 0.15) is 6.04 Å². The number of benzene rings is 1. The van der Waals surface area contributed by atoms with E-state index in [9.17, 15) is 9.59 Å². The number of hydrogen-bond donors (Lipinski definition) is 1. The van der Waals surface area contributed by atoms with Crippen molar-refractivity contribution in [3.8, 4) is 0 Å². The lowest BCUT2D eigenvalue weighted by Crippen LogP contribution is -2.40. The van der Waals surface area contributed by atoms with Gasteiger partial charge in [0.15, 0.2) is 0 Å². The van der Waals surface area contributed by atoms with Gasteiger partial charge in [0, 0.05) is 21.9 Å². The van der Waals surface area contributed by atoms with E-state index in [2.05, 4.69) is 0 Å². The molecule has 0 aromatic heterocycles. The average Bonchev–Trinajstić information content (AvgIpc) is 2.84. The molecule has 4 nitrogen and oxygen atoms in total. The zero-order chi connectivity index (χ0) is 14.7. The van der Waals surface area contributed by atoms with E-state index in [0.29, 0.717) is 27.2 Å². The van der Waals surface area contributed by atoms with Gasteiger partial charge in [0.05, 0.1) is 5.88 Å². The molecule has 1 unspecified atom stereocenters. The number of thioether (sulfide) groups is 1. The number of carbonyl (C=O) groups is 2. The predicted molar refractivity (Wildman–Crippen MR) is 81.1 cm³/mol. The second kappa shape index (κ2) is 6.52. The van der Waals surface area contributed by atoms with Gasteiger partial charge in [-0.2, -0.15) is 0 Å². The van der Waals surface area contributed by atoms with Gasteiger partial charge in [-0.1, -0.05) is 23.2 Å². The number of hydrogen-bond acceptors (Lipinski definition) is 3. The molecule has 2 rings (SSSR count). The highest BCUT2D eigenvalue weighted by Gasteiger charge is 2.33. The van der Waals surface area contributed by atoms with Crippen LogP contribution in [0.15, 0.2) is 24.3 Å². The SMILES string of the molecule is O=C(O)C1CSCN1C(=O)/C=C/c1cc(Cl)cc(Cl)c1. The zero-order valence-electron chi connectivity index (χ0n) is 10.3. The molecule has 1 aromatic rings. The van der Waals surface area contributed by atoms with Crippen LogP contribution in [0.4, 0.5) is 0 Å². The van der Waals surface area contributed by atoms with Gasteiger partial charge in [-0.05, 0) is 29.8 Å². The molecule has 1 fully saturated rings. The van der Waals surface area contributed by atoms with Crippen molar-refractivity contribution in [2.75, 3.05) is 11.6 Å². The summed E-state index contributed by atoms with van der Waals surface area (Å²) in [6.07, 6.45) is 2.91. The van der Waals surface area contributed by atoms with E-state index in [1.165, 1.54) is 22.7 Å². The Morgan fingerprint density at radius 1 is 1.30 bits per heavy atom. The fraction of sp³-hybridized carbons (Fsp3) is 0.231. The van der Waals surface area contributed by atoms with Crippen LogP contribution in [0.2, 0.25) is 10.0 Å². The number of nitrogens with zero attached hydrogens (tertiary/aromatic N) is 1. The van der Waals surface area contributed by atoms with Crippen LogP contribution in [0.3, 0.4) is 0 Å². The Bertz CT molecular complexity index is 556. The first-order chi connectivity index (χ1) is 9.47. The van der Waals surface area contributed by atoms with Crippen molar-refractivity contribution in [1.82, 2.24) is 4.90 Å². The van der Waals surface area contributed by atoms with Gasteiger partial charge >= 0.3 is 5.97 Å². The molecule has 20 heavy (non-hydrogen) atoms. The minimum Gasteiger partial charge on any atom is -0.480 e. The first-order valence-corrected chi connectivity index (χ1v) is 7.64. The van der Waals surface area contributed by atoms with Gasteiger partial charge in [-0.3, -0.25) is 4.79 Å². The number of carboxylic acid groups (broad SMARTS) is 1. The highest BCUT2D eigenvalue weighted by Crippen LogP contribution is 2.23. The third-order valence-corrected chi connectivity index (χ3v) is 4.20. The molecule has 1 atom stereocenters. The molecule has 7 heteroatoms. The molecular formula is C13H11Cl2NO3S. The summed E-state index contributed by atoms with van der Waals surface area (Å²) in [5.74, 6) is -0.519. The highest BCUT2D eigenvalue weighted by atomic mass is 35.5. The summed E-state index contributed by atoms with van der Waals surface area (Å²) in [5, 5.41) is 9.98. The van der Waals surface area contributed by atoms with Crippen LogP contribution >= 0.6 is 35.0 Å². The van der Waals surface area contributed by atoms with Crippen molar-refractivity contribution in [2.45, 2.75) is 6.04 Å². The first kappa shape index (κ1) is 15.2. The molecule has 106 valence electrons. The van der Waals surface area contributed by atoms with Crippen LogP contribution < -0.4 is 0 Å². The first-order valence-electron chi connectivity index (χ1n) is 5.72. The van der Waals surface area contributed by atoms with Crippen molar-refractivity contribution in [3.05, 3.63) is 39.9 Å². The van der Waals surface area contributed by atoms with E-state index >= 15 is 0 Å². The van der Waals surface area contributed by atoms with Crippen molar-refractivity contribution < 1.29 is 14.7 Å². The molecule has 1 N–H and O–H groups in total. The largest absolute Gasteiger partial charge is 0.480 e. The lowest BCUT2D eigenvalue weighted by molar-refractivity contribution is -0.146. The monoisotopic (exact) mass is 331 g/mol. The van der Waals surface area contributed by atoms with E-state index in [0.717, 1.165) is 0 Å². The van der Waals surface area contributed by atoms with E-state index in [-0.39, 0.29) is 5.91 Å². The Morgan fingerprint density at radius 3 is 2.55 bits per heavy atom. The van der Waals surface area contributed by atoms with E-state index in [4.69, 9.17) is 28.3 Å². The zero-order valence-corrected chi connectivity index (χ0v) is 12.6. The Balaban J connectivity index is 2.10. The Morgan fingerprint density at radius 2 is 1.95 bits per heavy atom. The van der Waals surface area contributed by atoms with E-state index < -0.39 is 12.0 Å². The molecule has 0 saturated carbocycles. The summed E-state index contributed by atoms with van der Waals surface area (Å²) in [5.41, 5.74) is 0.689. The molecule has 1 amide bonds. The van der Waals surface area contributed by atoms with Gasteiger partial charge in [0.25, 0.3) is 0 Å². The Kier molecular flexibility index (Phi) is 4.96. The fourth-order valence-corrected chi connectivity index (χ4v) is 3.50. The molecule has 1 saturated heterocycles. The molecule has 1 aliphatic heterocycles. The number of halogens is 2. The molecule has 1 aliphatic rings. The lowest BCUT2D eigenvalue weighted by Gasteiger charge is -2.18. The Hall–Kier alpha value is -1.17. The number of aliphatic carboxylic acids is 1. The topological polar surface area (TPSA) is 57.6 Å². The van der Waals surface area contributed by atoms with Crippen molar-refractivity contribution in [1.29, 1.82) is 0 Å². The van der Waals surface area contributed by atoms with Gasteiger partial charge in [-0.25, -0.2) is 4.79 Å². The van der Waals surface area contributed by atoms with Gasteiger partial charge in [0.2, 0.25) is 5.91 Å². The number of carboxylic acids is 1. The standard InChI is InChI=1S/C13H11Cl2NO3S/c14-9-3-8(4-10(15)5-9)1-2-12(17)16-7-20-6-11(16)13(18)19/h1-5,11H,6-7H2,(H,18,19)/b2-1+. The fourth-order valence-electron chi connectivity index (χ4n) is 1.80. The maximum absolute atomic E-state index is 12.0. The van der Waals surface area contributed by atoms with E-state index in [1.807, 2.05) is 0 Å². The van der Waals surface area contributed by atoms with Crippen LogP contribution in [0.1, 0.15) is 5.56 Å². The highest BCUT2D eigenvalue weighted by molar-refractivity contribution is 7.99. The predicted octanol–water partition coefficient (Wildman–Crippen LogP) is 2.99. The molecular weight excluding hydrogens is 321 g/mol. The third-order valence-electron chi connectivity index (χ3n) is 2.75. The van der Waals surface area contributed by atoms with Crippen LogP contribution in [0.25, 0.3) is 6.08 Å². The average molecular weight is 332 g/mol. The van der Waals surface area contributed by atoms with Crippen LogP contribution in [0.5, 0.6) is 0 Å². The maximum Gasteiger partial charge on any atom is 0.327 e. The van der Waals surface area contributed by atoms with Crippen LogP contribution in [0, 0.1) is 0 Å². The summed E-state index contributed by atoms with van der Waals surface area (Å²) in [6.45, 7) is 0. The van der Waals surface area contributed by atoms with Crippen molar-refractivity contribution >= 4 is 52.9 Å². The number of carbonyl (C=O) groups excluding carboxylic acids is 1. The van der Waals surface area contributed by atoms with Crippen molar-refractivity contribution in [3.63, 3.8) is 0 Å². The van der Waals surface area contributed by atoms with Crippen molar-refractivity contribution in [2.24, 2.45) is 0 Å². The molecule has 1 aromatic carbocycles. The quantitative estimate of drug-likeness (QED) is 0.865. The van der Waals surface area contributed by atoms with Crippen LogP contribution in [-0.2, 0) is 9.59 Å². The molecule has 0 bridgehead atoms. The smallest absolute Gasteiger partial charge is 0.327 e. The summed E-state index contributed by atoms with van der Waals surface area (Å²) in [7, 11) is 0. The molecule has 0 spiro atoms. The van der Waals surface area contributed by atoms with Crippen LogP contribution in [-0.4, -0.2) is 39.6 Å². The second-order valence-corrected chi connectivity index (χ2v) is 6.07. The molecule has 0 radical (unpaired) electrons. The normalized spacial score (nSPS) is 18.7. The van der Waals surface area contributed by atoms with Gasteiger partial charge in [-0.15, -0.1) is 11.8 Å². The van der Waals surface area contributed by atoms with E-state index in [1.54, 1.807) is 24.3 Å². The molecule has 1 heterocycles. The Labute approximate surface area is 130 Å². The molecule has 0 aliphatic carbocycles. The lowest BCUT2D eigenvalue weighted by atomic mass is 10.2. The summed E-state index contributed by atoms with van der Waals surface area (Å²) < 4.78 is 0. The van der Waals surface area contributed by atoms with Gasteiger partial charge < -0.3 is 10.0 Å². The minimum absolute atomic E-state index is 0.335. The summed E-state index contributed by atoms with van der Waals surface area (Å²) in [4.78, 5) is 24.3. The summed E-state index contributed by atoms with van der Waals surface area (Å²) in [6, 6.07) is 4.18.